The minimum atomic E-state index is 0.252. The molecule has 17 heavy (non-hydrogen) atoms. The molecule has 0 aliphatic rings. The first-order chi connectivity index (χ1) is 8.30. The first-order valence-electron chi connectivity index (χ1n) is 6.15. The van der Waals surface area contributed by atoms with Gasteiger partial charge in [-0.25, -0.2) is 4.98 Å². The standard InChI is InChI=1S/C13H22N2O2/c1-3-4-11(7-8-16)9-14-13-6-5-12(17-2)10-15-13/h5-6,10-11,16H,3-4,7-9H2,1-2H3,(H,14,15). The molecule has 1 aromatic rings. The maximum Gasteiger partial charge on any atom is 0.137 e. The molecule has 0 fully saturated rings. The molecule has 0 aliphatic heterocycles. The van der Waals surface area contributed by atoms with Crippen LogP contribution in [0.2, 0.25) is 0 Å². The Hall–Kier alpha value is -1.29. The lowest BCUT2D eigenvalue weighted by Crippen LogP contribution is -2.16. The van der Waals surface area contributed by atoms with Crippen molar-refractivity contribution in [3.63, 3.8) is 0 Å². The molecule has 0 aromatic carbocycles. The van der Waals surface area contributed by atoms with E-state index in [1.165, 1.54) is 0 Å². The normalized spacial score (nSPS) is 12.2. The van der Waals surface area contributed by atoms with Gasteiger partial charge >= 0.3 is 0 Å². The Morgan fingerprint density at radius 2 is 2.24 bits per heavy atom. The van der Waals surface area contributed by atoms with Crippen LogP contribution in [0, 0.1) is 5.92 Å². The van der Waals surface area contributed by atoms with E-state index in [2.05, 4.69) is 17.2 Å². The van der Waals surface area contributed by atoms with E-state index in [9.17, 15) is 0 Å². The van der Waals surface area contributed by atoms with Crippen LogP contribution in [0.4, 0.5) is 5.82 Å². The number of hydrogen-bond acceptors (Lipinski definition) is 4. The highest BCUT2D eigenvalue weighted by Gasteiger charge is 2.07. The summed E-state index contributed by atoms with van der Waals surface area (Å²) in [7, 11) is 1.63. The second-order valence-corrected chi connectivity index (χ2v) is 4.13. The van der Waals surface area contributed by atoms with Gasteiger partial charge in [0.15, 0.2) is 0 Å². The molecule has 0 spiro atoms. The van der Waals surface area contributed by atoms with Gasteiger partial charge in [0.1, 0.15) is 11.6 Å². The smallest absolute Gasteiger partial charge is 0.137 e. The molecule has 96 valence electrons. The Labute approximate surface area is 103 Å². The van der Waals surface area contributed by atoms with Crippen molar-refractivity contribution >= 4 is 5.82 Å². The third kappa shape index (κ3) is 5.04. The summed E-state index contributed by atoms with van der Waals surface area (Å²) in [6.45, 7) is 3.27. The third-order valence-corrected chi connectivity index (χ3v) is 2.78. The number of hydrogen-bond donors (Lipinski definition) is 2. The second kappa shape index (κ2) is 7.90. The quantitative estimate of drug-likeness (QED) is 0.729. The van der Waals surface area contributed by atoms with E-state index in [0.717, 1.165) is 37.4 Å². The maximum atomic E-state index is 8.97. The van der Waals surface area contributed by atoms with Crippen LogP contribution < -0.4 is 10.1 Å². The van der Waals surface area contributed by atoms with Gasteiger partial charge in [0.25, 0.3) is 0 Å². The summed E-state index contributed by atoms with van der Waals surface area (Å²) in [5, 5.41) is 12.3. The van der Waals surface area contributed by atoms with Gasteiger partial charge in [-0.3, -0.25) is 0 Å². The zero-order chi connectivity index (χ0) is 12.5. The highest BCUT2D eigenvalue weighted by molar-refractivity contribution is 5.37. The van der Waals surface area contributed by atoms with Crippen LogP contribution in [0.15, 0.2) is 18.3 Å². The van der Waals surface area contributed by atoms with Crippen LogP contribution in [0.3, 0.4) is 0 Å². The molecule has 0 aliphatic carbocycles. The number of nitrogens with zero attached hydrogens (tertiary/aromatic N) is 1. The van der Waals surface area contributed by atoms with Crippen molar-refractivity contribution in [3.05, 3.63) is 18.3 Å². The van der Waals surface area contributed by atoms with Crippen LogP contribution >= 0.6 is 0 Å². The molecule has 1 heterocycles. The summed E-state index contributed by atoms with van der Waals surface area (Å²) in [6.07, 6.45) is 4.81. The van der Waals surface area contributed by atoms with Gasteiger partial charge in [0.05, 0.1) is 13.3 Å². The molecular weight excluding hydrogens is 216 g/mol. The Bertz CT molecular complexity index is 295. The minimum absolute atomic E-state index is 0.252. The summed E-state index contributed by atoms with van der Waals surface area (Å²) in [5.74, 6) is 2.12. The summed E-state index contributed by atoms with van der Waals surface area (Å²) in [6, 6.07) is 3.79. The fourth-order valence-electron chi connectivity index (χ4n) is 1.79. The first kappa shape index (κ1) is 13.8. The molecule has 1 unspecified atom stereocenters. The average Bonchev–Trinajstić information content (AvgIpc) is 2.37. The van der Waals surface area contributed by atoms with Crippen LogP contribution in [-0.4, -0.2) is 30.4 Å². The molecule has 1 aromatic heterocycles. The highest BCUT2D eigenvalue weighted by Crippen LogP contribution is 2.14. The van der Waals surface area contributed by atoms with Crippen molar-refractivity contribution in [2.24, 2.45) is 5.92 Å². The summed E-state index contributed by atoms with van der Waals surface area (Å²) in [4.78, 5) is 4.24. The molecule has 4 nitrogen and oxygen atoms in total. The molecule has 0 amide bonds. The van der Waals surface area contributed by atoms with Gasteiger partial charge in [0.2, 0.25) is 0 Å². The average molecular weight is 238 g/mol. The number of aliphatic hydroxyl groups excluding tert-OH is 1. The fraction of sp³-hybridized carbons (Fsp3) is 0.615. The summed E-state index contributed by atoms with van der Waals surface area (Å²) < 4.78 is 5.05. The Morgan fingerprint density at radius 1 is 1.41 bits per heavy atom. The maximum absolute atomic E-state index is 8.97. The molecule has 0 saturated carbocycles. The lowest BCUT2D eigenvalue weighted by Gasteiger charge is -2.16. The van der Waals surface area contributed by atoms with Crippen LogP contribution in [0.1, 0.15) is 26.2 Å². The minimum Gasteiger partial charge on any atom is -0.495 e. The molecular formula is C13H22N2O2. The Kier molecular flexibility index (Phi) is 6.40. The number of ether oxygens (including phenoxy) is 1. The molecule has 1 rings (SSSR count). The van der Waals surface area contributed by atoms with Crippen molar-refractivity contribution in [1.82, 2.24) is 4.98 Å². The van der Waals surface area contributed by atoms with Crippen molar-refractivity contribution < 1.29 is 9.84 Å². The number of methoxy groups -OCH3 is 1. The third-order valence-electron chi connectivity index (χ3n) is 2.78. The second-order valence-electron chi connectivity index (χ2n) is 4.13. The highest BCUT2D eigenvalue weighted by atomic mass is 16.5. The number of aliphatic hydroxyl groups is 1. The first-order valence-corrected chi connectivity index (χ1v) is 6.15. The lowest BCUT2D eigenvalue weighted by molar-refractivity contribution is 0.255. The molecule has 1 atom stereocenters. The van der Waals surface area contributed by atoms with E-state index in [4.69, 9.17) is 9.84 Å². The number of pyridine rings is 1. The van der Waals surface area contributed by atoms with E-state index < -0.39 is 0 Å². The van der Waals surface area contributed by atoms with Crippen LogP contribution in [-0.2, 0) is 0 Å². The number of nitrogens with one attached hydrogen (secondary N) is 1. The number of aromatic nitrogens is 1. The van der Waals surface area contributed by atoms with Crippen molar-refractivity contribution in [3.8, 4) is 5.75 Å². The van der Waals surface area contributed by atoms with Crippen LogP contribution in [0.25, 0.3) is 0 Å². The number of anilines is 1. The van der Waals surface area contributed by atoms with E-state index in [1.807, 2.05) is 12.1 Å². The Balaban J connectivity index is 2.41. The zero-order valence-electron chi connectivity index (χ0n) is 10.6. The van der Waals surface area contributed by atoms with Crippen molar-refractivity contribution in [2.75, 3.05) is 25.6 Å². The van der Waals surface area contributed by atoms with Gasteiger partial charge in [0, 0.05) is 13.2 Å². The van der Waals surface area contributed by atoms with E-state index in [0.29, 0.717) is 5.92 Å². The number of rotatable bonds is 8. The van der Waals surface area contributed by atoms with Gasteiger partial charge < -0.3 is 15.2 Å². The lowest BCUT2D eigenvalue weighted by atomic mass is 10.0. The van der Waals surface area contributed by atoms with Crippen molar-refractivity contribution in [2.45, 2.75) is 26.2 Å². The van der Waals surface area contributed by atoms with E-state index in [1.54, 1.807) is 13.3 Å². The predicted octanol–water partition coefficient (Wildman–Crippen LogP) is 2.30. The predicted molar refractivity (Wildman–Crippen MR) is 69.4 cm³/mol. The van der Waals surface area contributed by atoms with Gasteiger partial charge in [-0.05, 0) is 30.9 Å². The fourth-order valence-corrected chi connectivity index (χ4v) is 1.79. The van der Waals surface area contributed by atoms with Crippen LogP contribution in [0.5, 0.6) is 5.75 Å². The van der Waals surface area contributed by atoms with E-state index in [-0.39, 0.29) is 6.61 Å². The molecule has 0 saturated heterocycles. The van der Waals surface area contributed by atoms with Crippen molar-refractivity contribution in [1.29, 1.82) is 0 Å². The summed E-state index contributed by atoms with van der Waals surface area (Å²) >= 11 is 0. The SMILES string of the molecule is CCCC(CCO)CNc1ccc(OC)cn1. The topological polar surface area (TPSA) is 54.4 Å². The monoisotopic (exact) mass is 238 g/mol. The van der Waals surface area contributed by atoms with Gasteiger partial charge in [-0.15, -0.1) is 0 Å². The van der Waals surface area contributed by atoms with E-state index >= 15 is 0 Å². The summed E-state index contributed by atoms with van der Waals surface area (Å²) in [5.41, 5.74) is 0. The van der Waals surface area contributed by atoms with Gasteiger partial charge in [-0.1, -0.05) is 13.3 Å². The molecule has 0 radical (unpaired) electrons. The molecule has 4 heteroatoms. The molecule has 0 bridgehead atoms. The largest absolute Gasteiger partial charge is 0.495 e. The zero-order valence-corrected chi connectivity index (χ0v) is 10.6. The molecule has 2 N–H and O–H groups in total. The Morgan fingerprint density at radius 3 is 2.76 bits per heavy atom. The van der Waals surface area contributed by atoms with Gasteiger partial charge in [-0.2, -0.15) is 0 Å².